The van der Waals surface area contributed by atoms with Crippen molar-refractivity contribution in [3.8, 4) is 0 Å². The second-order valence-electron chi connectivity index (χ2n) is 12.8. The molecule has 284 valence electrons. The van der Waals surface area contributed by atoms with Crippen molar-refractivity contribution < 1.29 is 56.2 Å². The van der Waals surface area contributed by atoms with Crippen LogP contribution in [0.25, 0.3) is 0 Å². The molecule has 4 N–H and O–H groups in total. The molecule has 6 atom stereocenters. The van der Waals surface area contributed by atoms with Crippen LogP contribution in [0.15, 0.2) is 12.2 Å². The van der Waals surface area contributed by atoms with Crippen molar-refractivity contribution in [2.24, 2.45) is 0 Å². The minimum absolute atomic E-state index is 0.0366. The van der Waals surface area contributed by atoms with Crippen LogP contribution in [0.4, 0.5) is 0 Å². The molecule has 1 aliphatic heterocycles. The van der Waals surface area contributed by atoms with E-state index in [0.29, 0.717) is 13.0 Å². The summed E-state index contributed by atoms with van der Waals surface area (Å²) in [7, 11) is -5.05. The fourth-order valence-corrected chi connectivity index (χ4v) is 6.06. The fourth-order valence-electron chi connectivity index (χ4n) is 5.56. The zero-order valence-electron chi connectivity index (χ0n) is 29.6. The standard InChI is InChI=1S/C35H66O12S/c1-3-5-7-9-11-13-15-17-19-21-23-25-43-27-29(45-31(37)24-22-20-18-16-14-12-10-8-6-4-2)28-44-35-33(39)34(47-48(40,41)42)32(38)30(26-36)46-35/h8,10,29-30,32-36,38-39H,3-7,9,11-28H2,1-2H3,(H,40,41,42)/b10-8-. The van der Waals surface area contributed by atoms with Crippen molar-refractivity contribution in [3.63, 3.8) is 0 Å². The Kier molecular flexibility index (Phi) is 26.7. The van der Waals surface area contributed by atoms with Gasteiger partial charge in [0.15, 0.2) is 6.29 Å². The molecule has 0 aromatic rings. The van der Waals surface area contributed by atoms with Gasteiger partial charge in [-0.3, -0.25) is 9.35 Å². The van der Waals surface area contributed by atoms with E-state index in [4.69, 9.17) is 23.5 Å². The quantitative estimate of drug-likeness (QED) is 0.0288. The van der Waals surface area contributed by atoms with Gasteiger partial charge >= 0.3 is 16.4 Å². The van der Waals surface area contributed by atoms with Crippen LogP contribution in [0, 0.1) is 0 Å². The molecule has 6 unspecified atom stereocenters. The molecule has 0 radical (unpaired) electrons. The molecule has 0 aromatic carbocycles. The maximum absolute atomic E-state index is 12.7. The van der Waals surface area contributed by atoms with Gasteiger partial charge in [0.25, 0.3) is 0 Å². The molecule has 0 amide bonds. The Balaban J connectivity index is 2.54. The summed E-state index contributed by atoms with van der Waals surface area (Å²) in [6, 6.07) is 0. The van der Waals surface area contributed by atoms with Crippen LogP contribution in [-0.4, -0.2) is 97.5 Å². The van der Waals surface area contributed by atoms with E-state index in [2.05, 4.69) is 30.2 Å². The smallest absolute Gasteiger partial charge is 0.397 e. The molecule has 1 aliphatic rings. The summed E-state index contributed by atoms with van der Waals surface area (Å²) in [6.45, 7) is 3.88. The van der Waals surface area contributed by atoms with Gasteiger partial charge in [0.05, 0.1) is 19.8 Å². The zero-order valence-corrected chi connectivity index (χ0v) is 30.4. The number of carbonyl (C=O) groups is 1. The third kappa shape index (κ3) is 22.5. The van der Waals surface area contributed by atoms with E-state index < -0.39 is 59.8 Å². The lowest BCUT2D eigenvalue weighted by Gasteiger charge is -2.41. The summed E-state index contributed by atoms with van der Waals surface area (Å²) in [5.74, 6) is -0.411. The second-order valence-corrected chi connectivity index (χ2v) is 13.9. The molecule has 1 fully saturated rings. The predicted molar refractivity (Wildman–Crippen MR) is 184 cm³/mol. The highest BCUT2D eigenvalue weighted by Crippen LogP contribution is 2.26. The van der Waals surface area contributed by atoms with Crippen molar-refractivity contribution in [1.82, 2.24) is 0 Å². The summed E-state index contributed by atoms with van der Waals surface area (Å²) < 4.78 is 58.6. The normalized spacial score (nSPS) is 22.3. The number of aliphatic hydroxyl groups excluding tert-OH is 3. The van der Waals surface area contributed by atoms with Crippen LogP contribution in [0.2, 0.25) is 0 Å². The second kappa shape index (κ2) is 28.5. The number of esters is 1. The lowest BCUT2D eigenvalue weighted by atomic mass is 9.99. The molecule has 0 aromatic heterocycles. The van der Waals surface area contributed by atoms with Crippen LogP contribution in [0.5, 0.6) is 0 Å². The van der Waals surface area contributed by atoms with Gasteiger partial charge in [-0.15, -0.1) is 0 Å². The predicted octanol–water partition coefficient (Wildman–Crippen LogP) is 5.96. The highest BCUT2D eigenvalue weighted by Gasteiger charge is 2.48. The number of hydrogen-bond donors (Lipinski definition) is 4. The van der Waals surface area contributed by atoms with Crippen LogP contribution in [0.1, 0.15) is 142 Å². The molecule has 48 heavy (non-hydrogen) atoms. The summed E-state index contributed by atoms with van der Waals surface area (Å²) in [6.07, 6.45) is 16.9. The van der Waals surface area contributed by atoms with Gasteiger partial charge in [0.2, 0.25) is 0 Å². The van der Waals surface area contributed by atoms with Gasteiger partial charge in [-0.1, -0.05) is 116 Å². The first-order chi connectivity index (χ1) is 23.1. The number of hydrogen-bond acceptors (Lipinski definition) is 11. The Bertz CT molecular complexity index is 915. The van der Waals surface area contributed by atoms with E-state index in [9.17, 15) is 28.5 Å². The van der Waals surface area contributed by atoms with Crippen molar-refractivity contribution in [2.45, 2.75) is 179 Å². The minimum atomic E-state index is -5.05. The van der Waals surface area contributed by atoms with E-state index >= 15 is 0 Å². The molecule has 12 nitrogen and oxygen atoms in total. The fraction of sp³-hybridized carbons (Fsp3) is 0.914. The molecule has 1 rings (SSSR count). The third-order valence-corrected chi connectivity index (χ3v) is 8.83. The molecular formula is C35H66O12S. The number of rotatable bonds is 31. The zero-order chi connectivity index (χ0) is 35.5. The van der Waals surface area contributed by atoms with E-state index in [0.717, 1.165) is 64.2 Å². The molecule has 1 saturated heterocycles. The van der Waals surface area contributed by atoms with Gasteiger partial charge in [-0.25, -0.2) is 4.18 Å². The van der Waals surface area contributed by atoms with E-state index in [-0.39, 0.29) is 19.6 Å². The third-order valence-electron chi connectivity index (χ3n) is 8.37. The van der Waals surface area contributed by atoms with Gasteiger partial charge in [-0.05, 0) is 32.1 Å². The van der Waals surface area contributed by atoms with E-state index in [1.165, 1.54) is 51.4 Å². The van der Waals surface area contributed by atoms with Crippen molar-refractivity contribution in [1.29, 1.82) is 0 Å². The van der Waals surface area contributed by atoms with Crippen LogP contribution < -0.4 is 0 Å². The van der Waals surface area contributed by atoms with Crippen molar-refractivity contribution in [3.05, 3.63) is 12.2 Å². The summed E-state index contributed by atoms with van der Waals surface area (Å²) >= 11 is 0. The number of carbonyl (C=O) groups excluding carboxylic acids is 1. The summed E-state index contributed by atoms with van der Waals surface area (Å²) in [4.78, 5) is 12.7. The maximum Gasteiger partial charge on any atom is 0.397 e. The van der Waals surface area contributed by atoms with Crippen molar-refractivity contribution >= 4 is 16.4 Å². The van der Waals surface area contributed by atoms with Crippen LogP contribution >= 0.6 is 0 Å². The van der Waals surface area contributed by atoms with Gasteiger partial charge in [0, 0.05) is 13.0 Å². The Morgan fingerprint density at radius 1 is 0.771 bits per heavy atom. The first-order valence-corrected chi connectivity index (χ1v) is 19.8. The molecule has 13 heteroatoms. The average Bonchev–Trinajstić information content (AvgIpc) is 3.05. The largest absolute Gasteiger partial charge is 0.457 e. The number of ether oxygens (including phenoxy) is 4. The Morgan fingerprint density at radius 3 is 1.96 bits per heavy atom. The number of aliphatic hydroxyl groups is 3. The molecule has 0 aliphatic carbocycles. The number of allylic oxidation sites excluding steroid dienone is 2. The molecule has 0 spiro atoms. The van der Waals surface area contributed by atoms with Crippen LogP contribution in [-0.2, 0) is 38.3 Å². The average molecular weight is 711 g/mol. The molecular weight excluding hydrogens is 644 g/mol. The van der Waals surface area contributed by atoms with Gasteiger partial charge < -0.3 is 34.3 Å². The Morgan fingerprint density at radius 2 is 1.35 bits per heavy atom. The summed E-state index contributed by atoms with van der Waals surface area (Å²) in [5.41, 5.74) is 0. The van der Waals surface area contributed by atoms with E-state index in [1.807, 2.05) is 0 Å². The first-order valence-electron chi connectivity index (χ1n) is 18.4. The molecule has 0 bridgehead atoms. The van der Waals surface area contributed by atoms with Gasteiger partial charge in [0.1, 0.15) is 30.5 Å². The van der Waals surface area contributed by atoms with Crippen molar-refractivity contribution in [2.75, 3.05) is 26.4 Å². The SMILES string of the molecule is CCC/C=C\CCCCCCCC(=O)OC(COCCCCCCCCCCCCC)COC1OC(CO)C(O)C(OS(=O)(=O)O)C1O. The first kappa shape index (κ1) is 44.9. The van der Waals surface area contributed by atoms with Crippen LogP contribution in [0.3, 0.4) is 0 Å². The molecule has 0 saturated carbocycles. The Hall–Kier alpha value is -1.16. The molecule has 1 heterocycles. The van der Waals surface area contributed by atoms with E-state index in [1.54, 1.807) is 0 Å². The maximum atomic E-state index is 12.7. The Labute approximate surface area is 289 Å². The summed E-state index contributed by atoms with van der Waals surface area (Å²) in [5, 5.41) is 30.4. The highest BCUT2D eigenvalue weighted by atomic mass is 32.3. The number of unbranched alkanes of at least 4 members (excludes halogenated alkanes) is 16. The lowest BCUT2D eigenvalue weighted by Crippen LogP contribution is -2.60. The minimum Gasteiger partial charge on any atom is -0.457 e. The lowest BCUT2D eigenvalue weighted by molar-refractivity contribution is -0.301. The topological polar surface area (TPSA) is 178 Å². The van der Waals surface area contributed by atoms with Gasteiger partial charge in [-0.2, -0.15) is 8.42 Å². The highest BCUT2D eigenvalue weighted by molar-refractivity contribution is 7.80. The monoisotopic (exact) mass is 710 g/mol.